The van der Waals surface area contributed by atoms with E-state index in [0.29, 0.717) is 17.4 Å². The molecule has 0 aliphatic carbocycles. The molecular formula is C69H139N2O6P. The third kappa shape index (κ3) is 62.8. The second-order valence-electron chi connectivity index (χ2n) is 25.6. The van der Waals surface area contributed by atoms with Gasteiger partial charge in [0.2, 0.25) is 5.91 Å². The lowest BCUT2D eigenvalue weighted by Crippen LogP contribution is -2.45. The Labute approximate surface area is 488 Å². The molecule has 0 saturated heterocycles. The number of rotatable bonds is 66. The average Bonchev–Trinajstić information content (AvgIpc) is 3.41. The van der Waals surface area contributed by atoms with Gasteiger partial charge in [-0.2, -0.15) is 0 Å². The third-order valence-electron chi connectivity index (χ3n) is 16.5. The van der Waals surface area contributed by atoms with Gasteiger partial charge in [0, 0.05) is 6.42 Å². The minimum atomic E-state index is -4.60. The number of amides is 1. The van der Waals surface area contributed by atoms with Crippen molar-refractivity contribution in [3.63, 3.8) is 0 Å². The van der Waals surface area contributed by atoms with Gasteiger partial charge in [-0.1, -0.05) is 360 Å². The molecule has 0 spiro atoms. The largest absolute Gasteiger partial charge is 0.756 e. The molecule has 466 valence electrons. The minimum absolute atomic E-state index is 0.00300. The molecule has 0 aromatic rings. The maximum Gasteiger partial charge on any atom is 0.268 e. The van der Waals surface area contributed by atoms with Crippen LogP contribution < -0.4 is 10.2 Å². The van der Waals surface area contributed by atoms with Gasteiger partial charge in [0.25, 0.3) is 7.82 Å². The Hall–Kier alpha value is -0.760. The lowest BCUT2D eigenvalue weighted by Gasteiger charge is -2.29. The summed E-state index contributed by atoms with van der Waals surface area (Å²) in [6, 6.07) is -0.884. The predicted molar refractivity (Wildman–Crippen MR) is 339 cm³/mol. The predicted octanol–water partition coefficient (Wildman–Crippen LogP) is 21.5. The summed E-state index contributed by atoms with van der Waals surface area (Å²) in [7, 11) is 1.28. The van der Waals surface area contributed by atoms with E-state index in [1.807, 2.05) is 27.2 Å². The van der Waals surface area contributed by atoms with Crippen LogP contribution in [0.15, 0.2) is 12.2 Å². The molecule has 0 rings (SSSR count). The van der Waals surface area contributed by atoms with Crippen LogP contribution in [-0.4, -0.2) is 68.5 Å². The fourth-order valence-electron chi connectivity index (χ4n) is 11.0. The number of aliphatic hydroxyl groups excluding tert-OH is 1. The lowest BCUT2D eigenvalue weighted by atomic mass is 10.0. The molecule has 0 aliphatic heterocycles. The summed E-state index contributed by atoms with van der Waals surface area (Å²) in [4.78, 5) is 25.6. The summed E-state index contributed by atoms with van der Waals surface area (Å²) >= 11 is 0. The molecule has 8 nitrogen and oxygen atoms in total. The number of likely N-dealkylation sites (N-methyl/N-ethyl adjacent to an activating group) is 1. The van der Waals surface area contributed by atoms with Crippen LogP contribution in [0.1, 0.15) is 373 Å². The van der Waals surface area contributed by atoms with Gasteiger partial charge in [-0.05, 0) is 19.3 Å². The van der Waals surface area contributed by atoms with E-state index in [-0.39, 0.29) is 19.1 Å². The number of phosphoric acid groups is 1. The fraction of sp³-hybridized carbons (Fsp3) is 0.957. The van der Waals surface area contributed by atoms with Gasteiger partial charge >= 0.3 is 0 Å². The van der Waals surface area contributed by atoms with Crippen LogP contribution in [0.4, 0.5) is 0 Å². The van der Waals surface area contributed by atoms with Crippen molar-refractivity contribution in [3.8, 4) is 0 Å². The Bertz CT molecular complexity index is 1280. The standard InChI is InChI=1S/C69H139N2O6P/c1-6-8-10-12-14-16-18-20-22-24-26-28-30-32-33-34-35-36-37-38-39-40-42-44-46-48-50-52-54-56-58-60-62-68(72)67(66-77-78(74,75)76-65-64-71(3,4)5)70-69(73)63-61-59-57-55-53-51-49-47-45-43-41-31-29-27-25-23-21-19-17-15-13-11-9-7-2/h60,62,67-68,72H,6-59,61,63-66H2,1-5H3,(H-,70,73,74,75)/b62-60+. The van der Waals surface area contributed by atoms with Crippen LogP contribution in [-0.2, 0) is 18.4 Å². The summed E-state index contributed by atoms with van der Waals surface area (Å²) in [6.45, 7) is 4.72. The van der Waals surface area contributed by atoms with Crippen molar-refractivity contribution < 1.29 is 32.9 Å². The molecule has 0 bridgehead atoms. The number of phosphoric ester groups is 1. The van der Waals surface area contributed by atoms with Crippen molar-refractivity contribution in [2.24, 2.45) is 0 Å². The van der Waals surface area contributed by atoms with Gasteiger partial charge < -0.3 is 28.8 Å². The fourth-order valence-corrected chi connectivity index (χ4v) is 11.8. The quantitative estimate of drug-likeness (QED) is 0.0272. The number of carbonyl (C=O) groups excluding carboxylic acids is 1. The second kappa shape index (κ2) is 60.8. The molecule has 0 aliphatic rings. The van der Waals surface area contributed by atoms with Crippen LogP contribution >= 0.6 is 7.82 Å². The van der Waals surface area contributed by atoms with Gasteiger partial charge in [0.1, 0.15) is 13.2 Å². The zero-order chi connectivity index (χ0) is 57.0. The maximum absolute atomic E-state index is 13.0. The average molecular weight is 1120 g/mol. The Kier molecular flexibility index (Phi) is 60.2. The number of unbranched alkanes of at least 4 members (excludes halogenated alkanes) is 53. The molecule has 2 N–H and O–H groups in total. The summed E-state index contributed by atoms with van der Waals surface area (Å²) in [5.74, 6) is -0.187. The Morgan fingerprint density at radius 3 is 0.962 bits per heavy atom. The number of hydrogen-bond donors (Lipinski definition) is 2. The van der Waals surface area contributed by atoms with Crippen molar-refractivity contribution in [3.05, 3.63) is 12.2 Å². The number of nitrogens with zero attached hydrogens (tertiary/aromatic N) is 1. The Balaban J connectivity index is 4.02. The van der Waals surface area contributed by atoms with Crippen molar-refractivity contribution in [1.82, 2.24) is 5.32 Å². The number of allylic oxidation sites excluding steroid dienone is 1. The van der Waals surface area contributed by atoms with Crippen LogP contribution in [0, 0.1) is 0 Å². The first-order chi connectivity index (χ1) is 38.0. The Morgan fingerprint density at radius 2 is 0.692 bits per heavy atom. The number of hydrogen-bond acceptors (Lipinski definition) is 6. The van der Waals surface area contributed by atoms with Gasteiger partial charge in [-0.3, -0.25) is 9.36 Å². The first-order valence-corrected chi connectivity index (χ1v) is 36.5. The van der Waals surface area contributed by atoms with E-state index < -0.39 is 20.0 Å². The summed E-state index contributed by atoms with van der Waals surface area (Å²) < 4.78 is 23.5. The van der Waals surface area contributed by atoms with E-state index in [1.165, 1.54) is 315 Å². The van der Waals surface area contributed by atoms with Gasteiger partial charge in [-0.25, -0.2) is 0 Å². The molecule has 0 fully saturated rings. The number of quaternary nitrogens is 1. The molecule has 0 radical (unpaired) electrons. The molecule has 0 aromatic carbocycles. The van der Waals surface area contributed by atoms with Crippen molar-refractivity contribution in [1.29, 1.82) is 0 Å². The molecule has 0 aromatic heterocycles. The highest BCUT2D eigenvalue weighted by atomic mass is 31.2. The molecule has 3 atom stereocenters. The van der Waals surface area contributed by atoms with E-state index in [1.54, 1.807) is 6.08 Å². The lowest BCUT2D eigenvalue weighted by molar-refractivity contribution is -0.870. The normalized spacial score (nSPS) is 13.7. The molecule has 1 amide bonds. The molecular weight excluding hydrogens is 984 g/mol. The zero-order valence-electron chi connectivity index (χ0n) is 53.4. The van der Waals surface area contributed by atoms with E-state index in [9.17, 15) is 19.4 Å². The SMILES string of the molecule is CCCCCCCCCCCCCCCCCCCCCCCCCCCCCCCC/C=C/C(O)C(COP(=O)([O-])OCC[N+](C)(C)C)NC(=O)CCCCCCCCCCCCCCCCCCCCCCCCCC. The summed E-state index contributed by atoms with van der Waals surface area (Å²) in [5, 5.41) is 14.0. The first-order valence-electron chi connectivity index (χ1n) is 35.1. The van der Waals surface area contributed by atoms with Gasteiger partial charge in [-0.15, -0.1) is 0 Å². The van der Waals surface area contributed by atoms with Crippen LogP contribution in [0.5, 0.6) is 0 Å². The number of aliphatic hydroxyl groups is 1. The Morgan fingerprint density at radius 1 is 0.436 bits per heavy atom. The van der Waals surface area contributed by atoms with E-state index in [4.69, 9.17) is 9.05 Å². The highest BCUT2D eigenvalue weighted by Gasteiger charge is 2.23. The summed E-state index contributed by atoms with van der Waals surface area (Å²) in [6.07, 6.45) is 77.7. The van der Waals surface area contributed by atoms with Crippen LogP contribution in [0.25, 0.3) is 0 Å². The first kappa shape index (κ1) is 77.2. The molecule has 0 heterocycles. The van der Waals surface area contributed by atoms with Crippen molar-refractivity contribution >= 4 is 13.7 Å². The topological polar surface area (TPSA) is 108 Å². The zero-order valence-corrected chi connectivity index (χ0v) is 54.3. The van der Waals surface area contributed by atoms with Gasteiger partial charge in [0.15, 0.2) is 0 Å². The molecule has 9 heteroatoms. The maximum atomic E-state index is 13.0. The number of nitrogens with one attached hydrogen (secondary N) is 1. The highest BCUT2D eigenvalue weighted by molar-refractivity contribution is 7.45. The smallest absolute Gasteiger partial charge is 0.268 e. The van der Waals surface area contributed by atoms with Crippen LogP contribution in [0.2, 0.25) is 0 Å². The second-order valence-corrected chi connectivity index (χ2v) is 27.0. The van der Waals surface area contributed by atoms with Crippen molar-refractivity contribution in [2.45, 2.75) is 386 Å². The van der Waals surface area contributed by atoms with Crippen LogP contribution in [0.3, 0.4) is 0 Å². The number of carbonyl (C=O) groups is 1. The monoisotopic (exact) mass is 1120 g/mol. The highest BCUT2D eigenvalue weighted by Crippen LogP contribution is 2.38. The van der Waals surface area contributed by atoms with Gasteiger partial charge in [0.05, 0.1) is 39.9 Å². The third-order valence-corrected chi connectivity index (χ3v) is 17.5. The van der Waals surface area contributed by atoms with E-state index >= 15 is 0 Å². The molecule has 78 heavy (non-hydrogen) atoms. The summed E-state index contributed by atoms with van der Waals surface area (Å²) in [5.41, 5.74) is 0. The van der Waals surface area contributed by atoms with E-state index in [0.717, 1.165) is 38.5 Å². The minimum Gasteiger partial charge on any atom is -0.756 e. The molecule has 3 unspecified atom stereocenters. The molecule has 0 saturated carbocycles. The van der Waals surface area contributed by atoms with E-state index in [2.05, 4.69) is 19.2 Å². The van der Waals surface area contributed by atoms with Crippen molar-refractivity contribution in [2.75, 3.05) is 40.9 Å².